The standard InChI is InChI=1S/C11H15ClN2O/c1-2-3-10(15)5-4-8-6-9(12)7-14-11(8)13/h6-7H,2-5H2,1H3,(H2,13,14). The highest BCUT2D eigenvalue weighted by Gasteiger charge is 2.05. The molecule has 15 heavy (non-hydrogen) atoms. The van der Waals surface area contributed by atoms with Crippen molar-refractivity contribution in [3.05, 3.63) is 22.8 Å². The first-order valence-electron chi connectivity index (χ1n) is 5.05. The van der Waals surface area contributed by atoms with Gasteiger partial charge in [-0.3, -0.25) is 4.79 Å². The molecule has 0 atom stereocenters. The van der Waals surface area contributed by atoms with Gasteiger partial charge < -0.3 is 5.73 Å². The van der Waals surface area contributed by atoms with E-state index in [-0.39, 0.29) is 5.78 Å². The first-order chi connectivity index (χ1) is 7.13. The zero-order chi connectivity index (χ0) is 11.3. The van der Waals surface area contributed by atoms with Gasteiger partial charge in [0.1, 0.15) is 11.6 Å². The molecule has 1 aromatic heterocycles. The Hall–Kier alpha value is -1.09. The third kappa shape index (κ3) is 3.88. The van der Waals surface area contributed by atoms with Crippen LogP contribution in [0.4, 0.5) is 5.82 Å². The average Bonchev–Trinajstić information content (AvgIpc) is 2.20. The number of hydrogen-bond donors (Lipinski definition) is 1. The molecule has 0 saturated heterocycles. The Balaban J connectivity index is 2.57. The van der Waals surface area contributed by atoms with Gasteiger partial charge in [-0.05, 0) is 24.5 Å². The van der Waals surface area contributed by atoms with Gasteiger partial charge in [0.15, 0.2) is 0 Å². The van der Waals surface area contributed by atoms with E-state index in [1.165, 1.54) is 6.20 Å². The van der Waals surface area contributed by atoms with E-state index in [1.807, 2.05) is 6.92 Å². The van der Waals surface area contributed by atoms with E-state index in [2.05, 4.69) is 4.98 Å². The summed E-state index contributed by atoms with van der Waals surface area (Å²) in [6.07, 6.45) is 4.17. The second kappa shape index (κ2) is 5.71. The first-order valence-corrected chi connectivity index (χ1v) is 5.43. The Morgan fingerprint density at radius 3 is 2.93 bits per heavy atom. The Kier molecular flexibility index (Phi) is 4.56. The van der Waals surface area contributed by atoms with Crippen LogP contribution in [0, 0.1) is 0 Å². The van der Waals surface area contributed by atoms with Gasteiger partial charge >= 0.3 is 0 Å². The summed E-state index contributed by atoms with van der Waals surface area (Å²) in [4.78, 5) is 15.3. The molecule has 3 nitrogen and oxygen atoms in total. The minimum atomic E-state index is 0.261. The predicted molar refractivity (Wildman–Crippen MR) is 61.9 cm³/mol. The number of pyridine rings is 1. The summed E-state index contributed by atoms with van der Waals surface area (Å²) in [7, 11) is 0. The fourth-order valence-electron chi connectivity index (χ4n) is 1.37. The molecule has 4 heteroatoms. The van der Waals surface area contributed by atoms with E-state index in [0.29, 0.717) is 30.1 Å². The number of nitrogens with zero attached hydrogens (tertiary/aromatic N) is 1. The van der Waals surface area contributed by atoms with Crippen molar-refractivity contribution < 1.29 is 4.79 Å². The van der Waals surface area contributed by atoms with Crippen molar-refractivity contribution in [1.29, 1.82) is 0 Å². The van der Waals surface area contributed by atoms with Crippen LogP contribution in [0.2, 0.25) is 5.02 Å². The summed E-state index contributed by atoms with van der Waals surface area (Å²) in [5.74, 6) is 0.723. The number of ketones is 1. The maximum absolute atomic E-state index is 11.3. The van der Waals surface area contributed by atoms with Crippen molar-refractivity contribution in [2.75, 3.05) is 5.73 Å². The highest BCUT2D eigenvalue weighted by molar-refractivity contribution is 6.30. The number of carbonyl (C=O) groups excluding carboxylic acids is 1. The van der Waals surface area contributed by atoms with Crippen LogP contribution in [-0.2, 0) is 11.2 Å². The van der Waals surface area contributed by atoms with Gasteiger partial charge in [0.2, 0.25) is 0 Å². The lowest BCUT2D eigenvalue weighted by Gasteiger charge is -2.04. The SMILES string of the molecule is CCCC(=O)CCc1cc(Cl)cnc1N. The number of aryl methyl sites for hydroxylation is 1. The molecular weight excluding hydrogens is 212 g/mol. The molecular formula is C11H15ClN2O. The molecule has 1 rings (SSSR count). The molecule has 0 amide bonds. The molecule has 0 spiro atoms. The Morgan fingerprint density at radius 1 is 1.53 bits per heavy atom. The van der Waals surface area contributed by atoms with Crippen molar-refractivity contribution in [1.82, 2.24) is 4.98 Å². The highest BCUT2D eigenvalue weighted by Crippen LogP contribution is 2.16. The number of nitrogen functional groups attached to an aromatic ring is 1. The Labute approximate surface area is 94.6 Å². The van der Waals surface area contributed by atoms with Crippen LogP contribution < -0.4 is 5.73 Å². The lowest BCUT2D eigenvalue weighted by atomic mass is 10.1. The van der Waals surface area contributed by atoms with Gasteiger partial charge in [0.05, 0.1) is 5.02 Å². The summed E-state index contributed by atoms with van der Waals surface area (Å²) in [6, 6.07) is 1.77. The molecule has 0 bridgehead atoms. The van der Waals surface area contributed by atoms with Crippen LogP contribution in [-0.4, -0.2) is 10.8 Å². The second-order valence-corrected chi connectivity index (χ2v) is 3.92. The summed E-state index contributed by atoms with van der Waals surface area (Å²) in [5.41, 5.74) is 6.52. The van der Waals surface area contributed by atoms with Crippen LogP contribution in [0.3, 0.4) is 0 Å². The van der Waals surface area contributed by atoms with E-state index in [1.54, 1.807) is 6.07 Å². The van der Waals surface area contributed by atoms with Gasteiger partial charge in [0.25, 0.3) is 0 Å². The van der Waals surface area contributed by atoms with Gasteiger partial charge in [0, 0.05) is 19.0 Å². The van der Waals surface area contributed by atoms with Gasteiger partial charge in [-0.2, -0.15) is 0 Å². The monoisotopic (exact) mass is 226 g/mol. The zero-order valence-corrected chi connectivity index (χ0v) is 9.55. The summed E-state index contributed by atoms with van der Waals surface area (Å²) in [6.45, 7) is 1.99. The first kappa shape index (κ1) is 12.0. The molecule has 1 heterocycles. The molecule has 0 aliphatic rings. The molecule has 1 aromatic rings. The Bertz CT molecular complexity index is 352. The van der Waals surface area contributed by atoms with Crippen molar-refractivity contribution >= 4 is 23.2 Å². The highest BCUT2D eigenvalue weighted by atomic mass is 35.5. The molecule has 0 radical (unpaired) electrons. The fraction of sp³-hybridized carbons (Fsp3) is 0.455. The number of nitrogens with two attached hydrogens (primary N) is 1. The predicted octanol–water partition coefficient (Wildman–Crippen LogP) is 2.62. The van der Waals surface area contributed by atoms with E-state index in [4.69, 9.17) is 17.3 Å². The lowest BCUT2D eigenvalue weighted by Crippen LogP contribution is -2.03. The van der Waals surface area contributed by atoms with Crippen LogP contribution in [0.1, 0.15) is 31.7 Å². The third-order valence-electron chi connectivity index (χ3n) is 2.17. The van der Waals surface area contributed by atoms with Crippen LogP contribution in [0.5, 0.6) is 0 Å². The van der Waals surface area contributed by atoms with Crippen molar-refractivity contribution in [2.45, 2.75) is 32.6 Å². The molecule has 2 N–H and O–H groups in total. The van der Waals surface area contributed by atoms with Crippen LogP contribution >= 0.6 is 11.6 Å². The molecule has 0 unspecified atom stereocenters. The van der Waals surface area contributed by atoms with E-state index in [0.717, 1.165) is 12.0 Å². The van der Waals surface area contributed by atoms with Gasteiger partial charge in [-0.1, -0.05) is 18.5 Å². The molecule has 0 fully saturated rings. The van der Waals surface area contributed by atoms with Gasteiger partial charge in [-0.15, -0.1) is 0 Å². The van der Waals surface area contributed by atoms with E-state index in [9.17, 15) is 4.79 Å². The number of anilines is 1. The zero-order valence-electron chi connectivity index (χ0n) is 8.79. The summed E-state index contributed by atoms with van der Waals surface area (Å²) in [5, 5.41) is 0.558. The van der Waals surface area contributed by atoms with Crippen molar-refractivity contribution in [3.63, 3.8) is 0 Å². The molecule has 0 saturated carbocycles. The number of carbonyl (C=O) groups is 1. The average molecular weight is 227 g/mol. The number of rotatable bonds is 5. The van der Waals surface area contributed by atoms with E-state index >= 15 is 0 Å². The van der Waals surface area contributed by atoms with Gasteiger partial charge in [-0.25, -0.2) is 4.98 Å². The minimum absolute atomic E-state index is 0.261. The number of hydrogen-bond acceptors (Lipinski definition) is 3. The van der Waals surface area contributed by atoms with Crippen molar-refractivity contribution in [3.8, 4) is 0 Å². The smallest absolute Gasteiger partial charge is 0.133 e. The quantitative estimate of drug-likeness (QED) is 0.840. The molecule has 82 valence electrons. The second-order valence-electron chi connectivity index (χ2n) is 3.49. The lowest BCUT2D eigenvalue weighted by molar-refractivity contribution is -0.119. The Morgan fingerprint density at radius 2 is 2.27 bits per heavy atom. The third-order valence-corrected chi connectivity index (χ3v) is 2.38. The maximum Gasteiger partial charge on any atom is 0.133 e. The molecule has 0 aliphatic heterocycles. The molecule has 0 aromatic carbocycles. The van der Waals surface area contributed by atoms with Crippen LogP contribution in [0.25, 0.3) is 0 Å². The number of Topliss-reactive ketones (excluding diaryl/α,β-unsaturated/α-hetero) is 1. The maximum atomic E-state index is 11.3. The number of halogens is 1. The normalized spacial score (nSPS) is 10.3. The summed E-state index contributed by atoms with van der Waals surface area (Å²) >= 11 is 5.79. The molecule has 0 aliphatic carbocycles. The fourth-order valence-corrected chi connectivity index (χ4v) is 1.55. The number of aromatic nitrogens is 1. The minimum Gasteiger partial charge on any atom is -0.383 e. The van der Waals surface area contributed by atoms with Crippen LogP contribution in [0.15, 0.2) is 12.3 Å². The largest absolute Gasteiger partial charge is 0.383 e. The summed E-state index contributed by atoms with van der Waals surface area (Å²) < 4.78 is 0. The van der Waals surface area contributed by atoms with Crippen molar-refractivity contribution in [2.24, 2.45) is 0 Å². The topological polar surface area (TPSA) is 56.0 Å². The van der Waals surface area contributed by atoms with E-state index < -0.39 is 0 Å².